The lowest BCUT2D eigenvalue weighted by Gasteiger charge is -2.29. The van der Waals surface area contributed by atoms with E-state index in [1.165, 1.54) is 18.2 Å². The van der Waals surface area contributed by atoms with E-state index in [9.17, 15) is 9.50 Å². The van der Waals surface area contributed by atoms with E-state index in [4.69, 9.17) is 17.3 Å². The molecule has 0 aromatic heterocycles. The van der Waals surface area contributed by atoms with Gasteiger partial charge in [0.2, 0.25) is 0 Å². The Kier molecular flexibility index (Phi) is 6.58. The van der Waals surface area contributed by atoms with Crippen molar-refractivity contribution < 1.29 is 9.50 Å². The fourth-order valence-electron chi connectivity index (χ4n) is 1.49. The molecule has 2 atom stereocenters. The maximum Gasteiger partial charge on any atom is 0.124 e. The number of benzene rings is 1. The van der Waals surface area contributed by atoms with Crippen LogP contribution in [0.25, 0.3) is 0 Å². The summed E-state index contributed by atoms with van der Waals surface area (Å²) < 4.78 is 12.9. The number of nitrogens with two attached hydrogens (primary N) is 1. The standard InChI is InChI=1S/C13H19ClFNO.ClH/c1-13(2,3)12(16)7-11(17)9-5-4-8(15)6-10(9)14;/h4-6,11-12,17H,7,16H2,1-3H3;1H/t11-,12-;/m1./s1. The molecule has 0 bridgehead atoms. The largest absolute Gasteiger partial charge is 0.388 e. The van der Waals surface area contributed by atoms with Gasteiger partial charge in [0.1, 0.15) is 5.82 Å². The van der Waals surface area contributed by atoms with Crippen LogP contribution in [0.4, 0.5) is 4.39 Å². The van der Waals surface area contributed by atoms with Crippen molar-refractivity contribution >= 4 is 24.0 Å². The highest BCUT2D eigenvalue weighted by Gasteiger charge is 2.24. The molecular formula is C13H20Cl2FNO. The van der Waals surface area contributed by atoms with Crippen molar-refractivity contribution in [1.82, 2.24) is 0 Å². The fraction of sp³-hybridized carbons (Fsp3) is 0.538. The monoisotopic (exact) mass is 295 g/mol. The molecule has 0 aliphatic heterocycles. The summed E-state index contributed by atoms with van der Waals surface area (Å²) >= 11 is 5.88. The average Bonchev–Trinajstić information content (AvgIpc) is 2.15. The highest BCUT2D eigenvalue weighted by molar-refractivity contribution is 6.31. The highest BCUT2D eigenvalue weighted by Crippen LogP contribution is 2.30. The zero-order valence-corrected chi connectivity index (χ0v) is 12.4. The van der Waals surface area contributed by atoms with Crippen LogP contribution in [0.1, 0.15) is 38.9 Å². The van der Waals surface area contributed by atoms with Gasteiger partial charge in [0, 0.05) is 11.1 Å². The molecule has 0 saturated heterocycles. The van der Waals surface area contributed by atoms with Gasteiger partial charge in [-0.1, -0.05) is 38.4 Å². The van der Waals surface area contributed by atoms with Crippen LogP contribution in [0.5, 0.6) is 0 Å². The Labute approximate surface area is 119 Å². The van der Waals surface area contributed by atoms with Crippen molar-refractivity contribution in [2.45, 2.75) is 39.3 Å². The third-order valence-corrected chi connectivity index (χ3v) is 3.24. The maximum absolute atomic E-state index is 12.9. The lowest BCUT2D eigenvalue weighted by Crippen LogP contribution is -2.36. The normalized spacial score (nSPS) is 14.8. The van der Waals surface area contributed by atoms with Crippen molar-refractivity contribution in [2.75, 3.05) is 0 Å². The van der Waals surface area contributed by atoms with Crippen LogP contribution in [0.2, 0.25) is 5.02 Å². The smallest absolute Gasteiger partial charge is 0.124 e. The molecule has 0 amide bonds. The summed E-state index contributed by atoms with van der Waals surface area (Å²) in [4.78, 5) is 0. The number of halogens is 3. The molecule has 0 radical (unpaired) electrons. The first-order valence-electron chi connectivity index (χ1n) is 5.60. The average molecular weight is 296 g/mol. The molecular weight excluding hydrogens is 276 g/mol. The van der Waals surface area contributed by atoms with Crippen molar-refractivity contribution in [2.24, 2.45) is 11.1 Å². The van der Waals surface area contributed by atoms with Gasteiger partial charge in [0.15, 0.2) is 0 Å². The molecule has 0 spiro atoms. The molecule has 0 saturated carbocycles. The first-order chi connectivity index (χ1) is 7.71. The van der Waals surface area contributed by atoms with Crippen LogP contribution in [0.15, 0.2) is 18.2 Å². The second-order valence-electron chi connectivity index (χ2n) is 5.39. The minimum Gasteiger partial charge on any atom is -0.388 e. The second kappa shape index (κ2) is 6.71. The zero-order chi connectivity index (χ0) is 13.2. The number of hydrogen-bond acceptors (Lipinski definition) is 2. The summed E-state index contributed by atoms with van der Waals surface area (Å²) in [6, 6.07) is 3.83. The maximum atomic E-state index is 12.9. The van der Waals surface area contributed by atoms with Gasteiger partial charge in [-0.2, -0.15) is 0 Å². The first kappa shape index (κ1) is 17.6. The third-order valence-electron chi connectivity index (χ3n) is 2.91. The Morgan fingerprint density at radius 3 is 2.39 bits per heavy atom. The first-order valence-corrected chi connectivity index (χ1v) is 5.98. The fourth-order valence-corrected chi connectivity index (χ4v) is 1.79. The minimum atomic E-state index is -0.766. The van der Waals surface area contributed by atoms with Crippen molar-refractivity contribution in [3.8, 4) is 0 Å². The van der Waals surface area contributed by atoms with E-state index in [1.54, 1.807) is 0 Å². The molecule has 1 rings (SSSR count). The number of rotatable bonds is 3. The van der Waals surface area contributed by atoms with Crippen LogP contribution >= 0.6 is 24.0 Å². The van der Waals surface area contributed by atoms with Gasteiger partial charge in [-0.25, -0.2) is 4.39 Å². The van der Waals surface area contributed by atoms with E-state index in [0.29, 0.717) is 12.0 Å². The predicted octanol–water partition coefficient (Wildman–Crippen LogP) is 3.70. The third kappa shape index (κ3) is 4.73. The van der Waals surface area contributed by atoms with Crippen LogP contribution in [0, 0.1) is 11.2 Å². The molecule has 18 heavy (non-hydrogen) atoms. The van der Waals surface area contributed by atoms with Crippen molar-refractivity contribution in [1.29, 1.82) is 0 Å². The summed E-state index contributed by atoms with van der Waals surface area (Å²) in [6.45, 7) is 6.03. The summed E-state index contributed by atoms with van der Waals surface area (Å²) in [5.41, 5.74) is 6.42. The van der Waals surface area contributed by atoms with Gasteiger partial charge >= 0.3 is 0 Å². The molecule has 0 fully saturated rings. The van der Waals surface area contributed by atoms with E-state index < -0.39 is 11.9 Å². The topological polar surface area (TPSA) is 46.2 Å². The summed E-state index contributed by atoms with van der Waals surface area (Å²) in [6.07, 6.45) is -0.369. The SMILES string of the molecule is CC(C)(C)[C@H](N)C[C@@H](O)c1ccc(F)cc1Cl.Cl. The Balaban J connectivity index is 0.00000289. The Morgan fingerprint density at radius 2 is 1.94 bits per heavy atom. The van der Waals surface area contributed by atoms with Gasteiger partial charge in [-0.3, -0.25) is 0 Å². The Bertz CT molecular complexity index is 393. The molecule has 2 nitrogen and oxygen atoms in total. The van der Waals surface area contributed by atoms with E-state index in [2.05, 4.69) is 0 Å². The molecule has 0 aliphatic rings. The number of aliphatic hydroxyl groups is 1. The van der Waals surface area contributed by atoms with Gasteiger partial charge in [-0.15, -0.1) is 12.4 Å². The van der Waals surface area contributed by atoms with Crippen LogP contribution in [-0.2, 0) is 0 Å². The van der Waals surface area contributed by atoms with Crippen molar-refractivity contribution in [3.63, 3.8) is 0 Å². The highest BCUT2D eigenvalue weighted by atomic mass is 35.5. The van der Waals surface area contributed by atoms with E-state index >= 15 is 0 Å². The van der Waals surface area contributed by atoms with E-state index in [-0.39, 0.29) is 28.9 Å². The molecule has 104 valence electrons. The zero-order valence-electron chi connectivity index (χ0n) is 10.8. The quantitative estimate of drug-likeness (QED) is 0.893. The lowest BCUT2D eigenvalue weighted by atomic mass is 9.83. The van der Waals surface area contributed by atoms with Crippen LogP contribution in [-0.4, -0.2) is 11.1 Å². The molecule has 1 aromatic carbocycles. The second-order valence-corrected chi connectivity index (χ2v) is 5.80. The Hall–Kier alpha value is -0.350. The van der Waals surface area contributed by atoms with E-state index in [0.717, 1.165) is 0 Å². The predicted molar refractivity (Wildman–Crippen MR) is 75.7 cm³/mol. The molecule has 0 aliphatic carbocycles. The molecule has 3 N–H and O–H groups in total. The number of hydrogen-bond donors (Lipinski definition) is 2. The van der Waals surface area contributed by atoms with Gasteiger partial charge in [0.05, 0.1) is 6.10 Å². The summed E-state index contributed by atoms with van der Waals surface area (Å²) in [5.74, 6) is -0.411. The number of aliphatic hydroxyl groups excluding tert-OH is 1. The Morgan fingerprint density at radius 1 is 1.39 bits per heavy atom. The van der Waals surface area contributed by atoms with Crippen molar-refractivity contribution in [3.05, 3.63) is 34.6 Å². The molecule has 5 heteroatoms. The lowest BCUT2D eigenvalue weighted by molar-refractivity contribution is 0.133. The molecule has 1 aromatic rings. The van der Waals surface area contributed by atoms with E-state index in [1.807, 2.05) is 20.8 Å². The summed E-state index contributed by atoms with van der Waals surface area (Å²) in [5, 5.41) is 10.3. The minimum absolute atomic E-state index is 0. The van der Waals surface area contributed by atoms with Crippen LogP contribution < -0.4 is 5.73 Å². The molecule has 0 unspecified atom stereocenters. The van der Waals surface area contributed by atoms with Gasteiger partial charge in [0.25, 0.3) is 0 Å². The van der Waals surface area contributed by atoms with Gasteiger partial charge < -0.3 is 10.8 Å². The van der Waals surface area contributed by atoms with Gasteiger partial charge in [-0.05, 0) is 29.5 Å². The summed E-state index contributed by atoms with van der Waals surface area (Å²) in [7, 11) is 0. The molecule has 0 heterocycles. The van der Waals surface area contributed by atoms with Crippen LogP contribution in [0.3, 0.4) is 0 Å².